The van der Waals surface area contributed by atoms with Crippen LogP contribution in [0, 0.1) is 6.92 Å². The minimum Gasteiger partial charge on any atom is -0.388 e. The lowest BCUT2D eigenvalue weighted by Crippen LogP contribution is -2.33. The molecule has 0 aliphatic heterocycles. The molecule has 1 aromatic rings. The zero-order valence-electron chi connectivity index (χ0n) is 9.59. The average Bonchev–Trinajstić information content (AvgIpc) is 2.68. The zero-order chi connectivity index (χ0) is 11.6. The molecule has 1 saturated carbocycles. The van der Waals surface area contributed by atoms with Gasteiger partial charge in [-0.3, -0.25) is 0 Å². The Balaban J connectivity index is 1.96. The highest BCUT2D eigenvalue weighted by atomic mass is 79.9. The van der Waals surface area contributed by atoms with Crippen LogP contribution >= 0.6 is 15.9 Å². The first kappa shape index (κ1) is 11.9. The summed E-state index contributed by atoms with van der Waals surface area (Å²) in [7, 11) is 0. The predicted molar refractivity (Wildman–Crippen MR) is 70.8 cm³/mol. The van der Waals surface area contributed by atoms with Crippen LogP contribution in [0.3, 0.4) is 0 Å². The largest absolute Gasteiger partial charge is 0.388 e. The Labute approximate surface area is 105 Å². The summed E-state index contributed by atoms with van der Waals surface area (Å²) in [4.78, 5) is 0. The van der Waals surface area contributed by atoms with E-state index in [0.29, 0.717) is 6.54 Å². The smallest absolute Gasteiger partial charge is 0.0819 e. The second-order valence-corrected chi connectivity index (χ2v) is 5.60. The van der Waals surface area contributed by atoms with Crippen molar-refractivity contribution in [2.24, 2.45) is 0 Å². The topological polar surface area (TPSA) is 32.3 Å². The molecular weight excluding hydrogens is 266 g/mol. The highest BCUT2D eigenvalue weighted by Crippen LogP contribution is 2.30. The lowest BCUT2D eigenvalue weighted by Gasteiger charge is -2.23. The van der Waals surface area contributed by atoms with E-state index in [9.17, 15) is 5.11 Å². The van der Waals surface area contributed by atoms with Crippen LogP contribution in [0.1, 0.15) is 31.2 Å². The van der Waals surface area contributed by atoms with E-state index in [2.05, 4.69) is 46.4 Å². The van der Waals surface area contributed by atoms with Gasteiger partial charge in [-0.1, -0.05) is 34.8 Å². The van der Waals surface area contributed by atoms with Crippen LogP contribution in [-0.4, -0.2) is 17.3 Å². The average molecular weight is 284 g/mol. The Morgan fingerprint density at radius 2 is 2.06 bits per heavy atom. The summed E-state index contributed by atoms with van der Waals surface area (Å²) in [5, 5.41) is 13.5. The molecule has 1 aliphatic carbocycles. The Hall–Kier alpha value is -0.540. The summed E-state index contributed by atoms with van der Waals surface area (Å²) >= 11 is 3.51. The van der Waals surface area contributed by atoms with Crippen molar-refractivity contribution >= 4 is 21.6 Å². The van der Waals surface area contributed by atoms with Crippen molar-refractivity contribution in [2.45, 2.75) is 38.2 Å². The number of hydrogen-bond donors (Lipinski definition) is 2. The van der Waals surface area contributed by atoms with Gasteiger partial charge in [-0.15, -0.1) is 0 Å². The Morgan fingerprint density at radius 1 is 1.38 bits per heavy atom. The van der Waals surface area contributed by atoms with E-state index in [-0.39, 0.29) is 0 Å². The van der Waals surface area contributed by atoms with Crippen molar-refractivity contribution < 1.29 is 5.11 Å². The zero-order valence-corrected chi connectivity index (χ0v) is 11.2. The molecule has 16 heavy (non-hydrogen) atoms. The Kier molecular flexibility index (Phi) is 3.55. The van der Waals surface area contributed by atoms with Gasteiger partial charge in [-0.25, -0.2) is 0 Å². The minimum atomic E-state index is -0.489. The van der Waals surface area contributed by atoms with Crippen LogP contribution in [0.5, 0.6) is 0 Å². The SMILES string of the molecule is Cc1ccc(NCC2(O)CCCC2)cc1Br. The third-order valence-electron chi connectivity index (χ3n) is 3.33. The van der Waals surface area contributed by atoms with Crippen molar-refractivity contribution in [1.82, 2.24) is 0 Å². The molecule has 2 rings (SSSR count). The molecule has 3 heteroatoms. The van der Waals surface area contributed by atoms with E-state index in [1.165, 1.54) is 5.56 Å². The van der Waals surface area contributed by atoms with Crippen LogP contribution in [-0.2, 0) is 0 Å². The number of aliphatic hydroxyl groups is 1. The third kappa shape index (κ3) is 2.77. The molecule has 2 nitrogen and oxygen atoms in total. The molecule has 0 heterocycles. The van der Waals surface area contributed by atoms with Crippen molar-refractivity contribution in [3.63, 3.8) is 0 Å². The van der Waals surface area contributed by atoms with Crippen molar-refractivity contribution in [2.75, 3.05) is 11.9 Å². The fourth-order valence-corrected chi connectivity index (χ4v) is 2.56. The van der Waals surface area contributed by atoms with Gasteiger partial charge in [-0.2, -0.15) is 0 Å². The molecule has 88 valence electrons. The quantitative estimate of drug-likeness (QED) is 0.890. The number of hydrogen-bond acceptors (Lipinski definition) is 2. The van der Waals surface area contributed by atoms with E-state index < -0.39 is 5.60 Å². The van der Waals surface area contributed by atoms with Crippen LogP contribution in [0.4, 0.5) is 5.69 Å². The molecule has 0 aromatic heterocycles. The normalized spacial score (nSPS) is 18.7. The molecule has 1 fully saturated rings. The molecular formula is C13H18BrNO. The molecule has 0 radical (unpaired) electrons. The molecule has 0 saturated heterocycles. The maximum Gasteiger partial charge on any atom is 0.0819 e. The summed E-state index contributed by atoms with van der Waals surface area (Å²) in [5.41, 5.74) is 1.81. The second-order valence-electron chi connectivity index (χ2n) is 4.75. The third-order valence-corrected chi connectivity index (χ3v) is 4.18. The van der Waals surface area contributed by atoms with Crippen LogP contribution < -0.4 is 5.32 Å². The second kappa shape index (κ2) is 4.76. The highest BCUT2D eigenvalue weighted by molar-refractivity contribution is 9.10. The van der Waals surface area contributed by atoms with Gasteiger partial charge in [-0.05, 0) is 37.5 Å². The summed E-state index contributed by atoms with van der Waals surface area (Å²) in [6.45, 7) is 2.72. The van der Waals surface area contributed by atoms with Gasteiger partial charge in [0.25, 0.3) is 0 Å². The van der Waals surface area contributed by atoms with E-state index in [4.69, 9.17) is 0 Å². The number of anilines is 1. The fourth-order valence-electron chi connectivity index (χ4n) is 2.18. The lowest BCUT2D eigenvalue weighted by atomic mass is 10.0. The van der Waals surface area contributed by atoms with Crippen LogP contribution in [0.15, 0.2) is 22.7 Å². The highest BCUT2D eigenvalue weighted by Gasteiger charge is 2.30. The van der Waals surface area contributed by atoms with Crippen molar-refractivity contribution in [3.8, 4) is 0 Å². The Morgan fingerprint density at radius 3 is 2.69 bits per heavy atom. The van der Waals surface area contributed by atoms with Crippen molar-refractivity contribution in [3.05, 3.63) is 28.2 Å². The summed E-state index contributed by atoms with van der Waals surface area (Å²) in [6.07, 6.45) is 4.14. The predicted octanol–water partition coefficient (Wildman–Crippen LogP) is 3.47. The van der Waals surface area contributed by atoms with Gasteiger partial charge in [0.1, 0.15) is 0 Å². The number of benzene rings is 1. The molecule has 0 amide bonds. The maximum absolute atomic E-state index is 10.2. The lowest BCUT2D eigenvalue weighted by molar-refractivity contribution is 0.0615. The van der Waals surface area contributed by atoms with Gasteiger partial charge in [0.15, 0.2) is 0 Å². The van der Waals surface area contributed by atoms with Crippen LogP contribution in [0.25, 0.3) is 0 Å². The molecule has 2 N–H and O–H groups in total. The van der Waals surface area contributed by atoms with E-state index in [0.717, 1.165) is 35.8 Å². The van der Waals surface area contributed by atoms with E-state index >= 15 is 0 Å². The van der Waals surface area contributed by atoms with Crippen molar-refractivity contribution in [1.29, 1.82) is 0 Å². The number of nitrogens with one attached hydrogen (secondary N) is 1. The van der Waals surface area contributed by atoms with E-state index in [1.54, 1.807) is 0 Å². The van der Waals surface area contributed by atoms with Gasteiger partial charge in [0.05, 0.1) is 5.60 Å². The molecule has 1 aliphatic rings. The number of halogens is 1. The number of rotatable bonds is 3. The van der Waals surface area contributed by atoms with Gasteiger partial charge in [0, 0.05) is 16.7 Å². The summed E-state index contributed by atoms with van der Waals surface area (Å²) in [6, 6.07) is 6.19. The Bertz CT molecular complexity index is 372. The van der Waals surface area contributed by atoms with Crippen LogP contribution in [0.2, 0.25) is 0 Å². The first-order valence-electron chi connectivity index (χ1n) is 5.81. The maximum atomic E-state index is 10.2. The molecule has 1 aromatic carbocycles. The first-order chi connectivity index (χ1) is 7.59. The molecule has 0 spiro atoms. The fraction of sp³-hybridized carbons (Fsp3) is 0.538. The minimum absolute atomic E-state index is 0.489. The molecule has 0 bridgehead atoms. The molecule has 0 unspecified atom stereocenters. The summed E-state index contributed by atoms with van der Waals surface area (Å²) in [5.74, 6) is 0. The number of aryl methyl sites for hydroxylation is 1. The van der Waals surface area contributed by atoms with Gasteiger partial charge >= 0.3 is 0 Å². The monoisotopic (exact) mass is 283 g/mol. The van der Waals surface area contributed by atoms with E-state index in [1.807, 2.05) is 0 Å². The van der Waals surface area contributed by atoms with Gasteiger partial charge < -0.3 is 10.4 Å². The summed E-state index contributed by atoms with van der Waals surface area (Å²) < 4.78 is 1.11. The first-order valence-corrected chi connectivity index (χ1v) is 6.61. The standard InChI is InChI=1S/C13H18BrNO/c1-10-4-5-11(8-12(10)14)15-9-13(16)6-2-3-7-13/h4-5,8,15-16H,2-3,6-7,9H2,1H3. The van der Waals surface area contributed by atoms with Gasteiger partial charge in [0.2, 0.25) is 0 Å². The molecule has 0 atom stereocenters.